The van der Waals surface area contributed by atoms with Crippen LogP contribution in [0.15, 0.2) is 18.2 Å². The number of carbonyl (C=O) groups is 2. The van der Waals surface area contributed by atoms with Gasteiger partial charge >= 0.3 is 6.03 Å². The summed E-state index contributed by atoms with van der Waals surface area (Å²) in [5, 5.41) is 10.7. The Hall–Kier alpha value is -1.97. The zero-order valence-corrected chi connectivity index (χ0v) is 11.9. The van der Waals surface area contributed by atoms with E-state index in [0.717, 1.165) is 5.06 Å². The molecule has 2 aliphatic rings. The molecule has 2 heterocycles. The molecule has 0 aromatic heterocycles. The molecule has 0 aliphatic carbocycles. The lowest BCUT2D eigenvalue weighted by molar-refractivity contribution is -0.136. The highest BCUT2D eigenvalue weighted by atomic mass is 32.1. The standard InChI is InChI=1S/C12H13N3O5S/c1-19-13-11(17)10-7-3-2-6(16)4-8(7)9-5-14(10)12(18)15(9)20-21/h2-4,9-10,16,21H,5H2,1H3,(H,13,17). The highest BCUT2D eigenvalue weighted by molar-refractivity contribution is 7.75. The van der Waals surface area contributed by atoms with Crippen LogP contribution in [-0.2, 0) is 13.9 Å². The number of phenolic OH excluding ortho intramolecular Hbond substituents is 1. The number of hydroxylamine groups is 3. The summed E-state index contributed by atoms with van der Waals surface area (Å²) in [6.45, 7) is 0.262. The largest absolute Gasteiger partial charge is 0.508 e. The molecule has 1 fully saturated rings. The van der Waals surface area contributed by atoms with Gasteiger partial charge in [-0.15, -0.1) is 0 Å². The number of hydrogen-bond donors (Lipinski definition) is 3. The van der Waals surface area contributed by atoms with Crippen molar-refractivity contribution >= 4 is 24.8 Å². The number of benzene rings is 1. The van der Waals surface area contributed by atoms with Crippen molar-refractivity contribution in [2.45, 2.75) is 12.1 Å². The maximum atomic E-state index is 12.3. The number of nitrogens with one attached hydrogen (secondary N) is 1. The van der Waals surface area contributed by atoms with Crippen LogP contribution in [0.1, 0.15) is 23.2 Å². The minimum absolute atomic E-state index is 0.0477. The fourth-order valence-corrected chi connectivity index (χ4v) is 3.02. The van der Waals surface area contributed by atoms with Crippen LogP contribution in [0.3, 0.4) is 0 Å². The van der Waals surface area contributed by atoms with Crippen LogP contribution in [0.25, 0.3) is 0 Å². The van der Waals surface area contributed by atoms with Crippen molar-refractivity contribution in [1.82, 2.24) is 15.4 Å². The zero-order valence-electron chi connectivity index (χ0n) is 11.0. The molecular weight excluding hydrogens is 298 g/mol. The smallest absolute Gasteiger partial charge is 0.346 e. The minimum atomic E-state index is -0.849. The molecule has 0 spiro atoms. The Morgan fingerprint density at radius 2 is 2.24 bits per heavy atom. The molecule has 2 bridgehead atoms. The van der Waals surface area contributed by atoms with E-state index in [1.54, 1.807) is 6.07 Å². The topological polar surface area (TPSA) is 91.3 Å². The molecule has 1 saturated heterocycles. The lowest BCUT2D eigenvalue weighted by Gasteiger charge is -2.31. The number of aromatic hydroxyl groups is 1. The number of amides is 3. The van der Waals surface area contributed by atoms with E-state index < -0.39 is 24.0 Å². The molecule has 2 unspecified atom stereocenters. The van der Waals surface area contributed by atoms with Gasteiger partial charge in [0.2, 0.25) is 0 Å². The SMILES string of the molecule is CONC(=O)C1c2ccc(O)cc2C2CN1C(=O)N2OS. The van der Waals surface area contributed by atoms with E-state index in [9.17, 15) is 14.7 Å². The Bertz CT molecular complexity index is 611. The zero-order chi connectivity index (χ0) is 15.1. The second kappa shape index (κ2) is 5.10. The van der Waals surface area contributed by atoms with Gasteiger partial charge in [-0.25, -0.2) is 14.6 Å². The highest BCUT2D eigenvalue weighted by Gasteiger charge is 2.51. The molecule has 3 rings (SSSR count). The summed E-state index contributed by atoms with van der Waals surface area (Å²) in [6.07, 6.45) is 0. The van der Waals surface area contributed by atoms with Gasteiger partial charge in [0.25, 0.3) is 5.91 Å². The lowest BCUT2D eigenvalue weighted by atomic mass is 9.90. The molecule has 8 nitrogen and oxygen atoms in total. The van der Waals surface area contributed by atoms with Crippen LogP contribution in [0.5, 0.6) is 5.75 Å². The quantitative estimate of drug-likeness (QED) is 0.434. The first-order valence-corrected chi connectivity index (χ1v) is 6.52. The normalized spacial score (nSPS) is 23.2. The van der Waals surface area contributed by atoms with Crippen LogP contribution in [-0.4, -0.2) is 40.7 Å². The molecule has 9 heteroatoms. The van der Waals surface area contributed by atoms with E-state index >= 15 is 0 Å². The molecule has 1 aromatic rings. The highest BCUT2D eigenvalue weighted by Crippen LogP contribution is 2.45. The Labute approximate surface area is 125 Å². The van der Waals surface area contributed by atoms with E-state index in [0.29, 0.717) is 11.1 Å². The molecule has 21 heavy (non-hydrogen) atoms. The first kappa shape index (κ1) is 14.0. The Morgan fingerprint density at radius 3 is 2.90 bits per heavy atom. The Kier molecular flexibility index (Phi) is 3.40. The number of phenols is 1. The van der Waals surface area contributed by atoms with Gasteiger partial charge in [-0.3, -0.25) is 9.63 Å². The van der Waals surface area contributed by atoms with Gasteiger partial charge in [0.05, 0.1) is 13.7 Å². The number of hydrogen-bond acceptors (Lipinski definition) is 6. The summed E-state index contributed by atoms with van der Waals surface area (Å²) < 4.78 is 4.81. The maximum absolute atomic E-state index is 12.3. The van der Waals surface area contributed by atoms with Crippen LogP contribution in [0.2, 0.25) is 0 Å². The summed E-state index contributed by atoms with van der Waals surface area (Å²) in [4.78, 5) is 30.5. The van der Waals surface area contributed by atoms with Crippen LogP contribution in [0.4, 0.5) is 4.79 Å². The number of nitrogens with zero attached hydrogens (tertiary/aromatic N) is 2. The molecule has 2 N–H and O–H groups in total. The first-order chi connectivity index (χ1) is 10.1. The average Bonchev–Trinajstić information content (AvgIpc) is 2.74. The molecule has 2 atom stereocenters. The first-order valence-electron chi connectivity index (χ1n) is 6.15. The van der Waals surface area contributed by atoms with Crippen LogP contribution >= 0.6 is 12.9 Å². The molecule has 2 aliphatic heterocycles. The second-order valence-electron chi connectivity index (χ2n) is 4.74. The predicted molar refractivity (Wildman–Crippen MR) is 72.8 cm³/mol. The lowest BCUT2D eigenvalue weighted by Crippen LogP contribution is -2.43. The third kappa shape index (κ3) is 2.01. The third-order valence-corrected chi connectivity index (χ3v) is 3.84. The number of fused-ring (bicyclic) bond motifs is 4. The van der Waals surface area contributed by atoms with Gasteiger partial charge in [-0.05, 0) is 23.3 Å². The van der Waals surface area contributed by atoms with Crippen molar-refractivity contribution < 1.29 is 23.8 Å². The van der Waals surface area contributed by atoms with Gasteiger partial charge in [0.1, 0.15) is 17.8 Å². The van der Waals surface area contributed by atoms with Crippen LogP contribution in [0, 0.1) is 0 Å². The van der Waals surface area contributed by atoms with E-state index in [4.69, 9.17) is 4.28 Å². The third-order valence-electron chi connectivity index (χ3n) is 3.66. The predicted octanol–water partition coefficient (Wildman–Crippen LogP) is 0.680. The van der Waals surface area contributed by atoms with E-state index in [2.05, 4.69) is 23.2 Å². The summed E-state index contributed by atoms with van der Waals surface area (Å²) in [5.41, 5.74) is 3.49. The van der Waals surface area contributed by atoms with E-state index in [1.165, 1.54) is 24.1 Å². The van der Waals surface area contributed by atoms with E-state index in [-0.39, 0.29) is 12.3 Å². The van der Waals surface area contributed by atoms with Crippen LogP contribution < -0.4 is 5.48 Å². The van der Waals surface area contributed by atoms with Crippen molar-refractivity contribution in [2.24, 2.45) is 0 Å². The van der Waals surface area contributed by atoms with Gasteiger partial charge in [-0.1, -0.05) is 6.07 Å². The molecule has 0 saturated carbocycles. The molecule has 0 radical (unpaired) electrons. The number of rotatable bonds is 3. The van der Waals surface area contributed by atoms with Gasteiger partial charge in [0.15, 0.2) is 0 Å². The van der Waals surface area contributed by atoms with Crippen molar-refractivity contribution in [3.63, 3.8) is 0 Å². The van der Waals surface area contributed by atoms with Gasteiger partial charge in [-0.2, -0.15) is 5.06 Å². The van der Waals surface area contributed by atoms with Crippen molar-refractivity contribution in [2.75, 3.05) is 13.7 Å². The Morgan fingerprint density at radius 1 is 1.48 bits per heavy atom. The summed E-state index contributed by atoms with van der Waals surface area (Å²) in [5.74, 6) is -0.427. The van der Waals surface area contributed by atoms with Gasteiger partial charge in [0, 0.05) is 12.9 Å². The van der Waals surface area contributed by atoms with Crippen molar-refractivity contribution in [3.05, 3.63) is 29.3 Å². The number of carbonyl (C=O) groups excluding carboxylic acids is 2. The van der Waals surface area contributed by atoms with Crippen molar-refractivity contribution in [1.29, 1.82) is 0 Å². The van der Waals surface area contributed by atoms with Crippen molar-refractivity contribution in [3.8, 4) is 5.75 Å². The molecule has 1 aromatic carbocycles. The average molecular weight is 311 g/mol. The monoisotopic (exact) mass is 311 g/mol. The summed E-state index contributed by atoms with van der Waals surface area (Å²) >= 11 is 3.69. The van der Waals surface area contributed by atoms with E-state index in [1.807, 2.05) is 0 Å². The summed E-state index contributed by atoms with van der Waals surface area (Å²) in [7, 11) is 1.32. The minimum Gasteiger partial charge on any atom is -0.508 e. The maximum Gasteiger partial charge on any atom is 0.346 e. The molecule has 3 amide bonds. The number of urea groups is 1. The molecule has 112 valence electrons. The molecular formula is C12H13N3O5S. The number of thiol groups is 1. The Balaban J connectivity index is 2.12. The fourth-order valence-electron chi connectivity index (χ4n) is 2.84. The fraction of sp³-hybridized carbons (Fsp3) is 0.333. The second-order valence-corrected chi connectivity index (χ2v) is 4.91. The summed E-state index contributed by atoms with van der Waals surface area (Å²) in [6, 6.07) is 2.85. The van der Waals surface area contributed by atoms with Gasteiger partial charge < -0.3 is 10.0 Å².